The molecule has 1 fully saturated rings. The molecule has 2 heterocycles. The van der Waals surface area contributed by atoms with E-state index in [0.717, 1.165) is 54.4 Å². The minimum Gasteiger partial charge on any atom is -0.366 e. The summed E-state index contributed by atoms with van der Waals surface area (Å²) < 4.78 is 0. The largest absolute Gasteiger partial charge is 0.366 e. The van der Waals surface area contributed by atoms with Gasteiger partial charge < -0.3 is 10.2 Å². The lowest BCUT2D eigenvalue weighted by molar-refractivity contribution is -0.117. The molecular formula is C19H27N5O. The second-order valence-corrected chi connectivity index (χ2v) is 6.91. The molecule has 6 nitrogen and oxygen atoms in total. The highest BCUT2D eigenvalue weighted by Gasteiger charge is 2.22. The second kappa shape index (κ2) is 7.27. The highest BCUT2D eigenvalue weighted by molar-refractivity contribution is 5.93. The molecule has 0 spiro atoms. The molecule has 1 saturated heterocycles. The summed E-state index contributed by atoms with van der Waals surface area (Å²) in [5.41, 5.74) is 6.51. The van der Waals surface area contributed by atoms with Gasteiger partial charge in [0.1, 0.15) is 0 Å². The van der Waals surface area contributed by atoms with Gasteiger partial charge in [0.25, 0.3) is 0 Å². The average molecular weight is 341 g/mol. The zero-order valence-electron chi connectivity index (χ0n) is 15.5. The summed E-state index contributed by atoms with van der Waals surface area (Å²) in [6.45, 7) is 12.2. The van der Waals surface area contributed by atoms with Crippen LogP contribution in [0.1, 0.15) is 22.5 Å². The molecule has 2 N–H and O–H groups in total. The molecule has 0 aliphatic carbocycles. The standard InChI is InChI=1S/C19H27N5O/c1-13-5-6-14(2)17(11-13)20-18(25)12-23-7-9-24(10-8-23)19-15(3)21-22-16(19)4/h5-6,11H,7-10,12H2,1-4H3,(H,20,25)(H,21,22). The van der Waals surface area contributed by atoms with Crippen LogP contribution in [0, 0.1) is 27.7 Å². The molecule has 25 heavy (non-hydrogen) atoms. The number of carbonyl (C=O) groups is 1. The highest BCUT2D eigenvalue weighted by atomic mass is 16.2. The molecular weight excluding hydrogens is 314 g/mol. The number of piperazine rings is 1. The van der Waals surface area contributed by atoms with Gasteiger partial charge in [-0.25, -0.2) is 0 Å². The smallest absolute Gasteiger partial charge is 0.238 e. The minimum atomic E-state index is 0.0535. The number of amides is 1. The molecule has 134 valence electrons. The first-order valence-corrected chi connectivity index (χ1v) is 8.80. The quantitative estimate of drug-likeness (QED) is 0.896. The van der Waals surface area contributed by atoms with Gasteiger partial charge in [-0.15, -0.1) is 0 Å². The van der Waals surface area contributed by atoms with Gasteiger partial charge in [-0.1, -0.05) is 12.1 Å². The molecule has 0 atom stereocenters. The minimum absolute atomic E-state index is 0.0535. The molecule has 0 radical (unpaired) electrons. The Morgan fingerprint density at radius 3 is 2.52 bits per heavy atom. The molecule has 3 rings (SSSR count). The molecule has 1 aliphatic rings. The van der Waals surface area contributed by atoms with Crippen molar-refractivity contribution in [2.45, 2.75) is 27.7 Å². The Morgan fingerprint density at radius 2 is 1.88 bits per heavy atom. The van der Waals surface area contributed by atoms with Crippen LogP contribution in [0.3, 0.4) is 0 Å². The summed E-state index contributed by atoms with van der Waals surface area (Å²) in [6.07, 6.45) is 0. The van der Waals surface area contributed by atoms with Gasteiger partial charge in [0.05, 0.1) is 23.6 Å². The summed E-state index contributed by atoms with van der Waals surface area (Å²) in [5.74, 6) is 0.0535. The van der Waals surface area contributed by atoms with E-state index in [1.54, 1.807) is 0 Å². The zero-order chi connectivity index (χ0) is 18.0. The fourth-order valence-corrected chi connectivity index (χ4v) is 3.40. The number of hydrogen-bond acceptors (Lipinski definition) is 4. The maximum Gasteiger partial charge on any atom is 0.238 e. The van der Waals surface area contributed by atoms with Gasteiger partial charge >= 0.3 is 0 Å². The van der Waals surface area contributed by atoms with Crippen molar-refractivity contribution in [3.8, 4) is 0 Å². The van der Waals surface area contributed by atoms with E-state index < -0.39 is 0 Å². The molecule has 1 aromatic heterocycles. The van der Waals surface area contributed by atoms with Crippen molar-refractivity contribution >= 4 is 17.3 Å². The third kappa shape index (κ3) is 4.02. The number of nitrogens with one attached hydrogen (secondary N) is 2. The van der Waals surface area contributed by atoms with Gasteiger partial charge in [0.15, 0.2) is 0 Å². The van der Waals surface area contributed by atoms with Crippen LogP contribution in [0.2, 0.25) is 0 Å². The first kappa shape index (κ1) is 17.5. The van der Waals surface area contributed by atoms with Crippen molar-refractivity contribution in [3.05, 3.63) is 40.7 Å². The van der Waals surface area contributed by atoms with E-state index in [0.29, 0.717) is 6.54 Å². The van der Waals surface area contributed by atoms with Crippen LogP contribution in [-0.2, 0) is 4.79 Å². The van der Waals surface area contributed by atoms with Crippen LogP contribution in [0.25, 0.3) is 0 Å². The summed E-state index contributed by atoms with van der Waals surface area (Å²) in [4.78, 5) is 16.9. The fourth-order valence-electron chi connectivity index (χ4n) is 3.40. The maximum absolute atomic E-state index is 12.4. The molecule has 1 amide bonds. The fraction of sp³-hybridized carbons (Fsp3) is 0.474. The molecule has 0 bridgehead atoms. The van der Waals surface area contributed by atoms with Crippen LogP contribution in [0.5, 0.6) is 0 Å². The summed E-state index contributed by atoms with van der Waals surface area (Å²) in [7, 11) is 0. The third-order valence-electron chi connectivity index (χ3n) is 4.81. The highest BCUT2D eigenvalue weighted by Crippen LogP contribution is 2.23. The van der Waals surface area contributed by atoms with Crippen LogP contribution in [-0.4, -0.2) is 53.7 Å². The van der Waals surface area contributed by atoms with Crippen LogP contribution in [0.4, 0.5) is 11.4 Å². The van der Waals surface area contributed by atoms with Gasteiger partial charge in [-0.3, -0.25) is 14.8 Å². The summed E-state index contributed by atoms with van der Waals surface area (Å²) in [5, 5.41) is 10.4. The third-order valence-corrected chi connectivity index (χ3v) is 4.81. The lowest BCUT2D eigenvalue weighted by Crippen LogP contribution is -2.49. The Labute approximate surface area is 149 Å². The summed E-state index contributed by atoms with van der Waals surface area (Å²) >= 11 is 0. The van der Waals surface area contributed by atoms with E-state index in [2.05, 4.69) is 38.3 Å². The predicted molar refractivity (Wildman–Crippen MR) is 101 cm³/mol. The first-order valence-electron chi connectivity index (χ1n) is 8.80. The topological polar surface area (TPSA) is 64.3 Å². The van der Waals surface area contributed by atoms with Crippen molar-refractivity contribution in [2.24, 2.45) is 0 Å². The Balaban J connectivity index is 1.53. The van der Waals surface area contributed by atoms with E-state index in [4.69, 9.17) is 0 Å². The number of aryl methyl sites for hydroxylation is 4. The number of anilines is 2. The monoisotopic (exact) mass is 341 g/mol. The molecule has 1 aliphatic heterocycles. The molecule has 1 aromatic carbocycles. The van der Waals surface area contributed by atoms with Gasteiger partial charge in [0, 0.05) is 31.9 Å². The normalized spacial score (nSPS) is 15.4. The van der Waals surface area contributed by atoms with Crippen LogP contribution >= 0.6 is 0 Å². The number of aromatic amines is 1. The lowest BCUT2D eigenvalue weighted by atomic mass is 10.1. The molecule has 0 unspecified atom stereocenters. The van der Waals surface area contributed by atoms with Gasteiger partial charge in [-0.2, -0.15) is 5.10 Å². The maximum atomic E-state index is 12.4. The number of rotatable bonds is 4. The lowest BCUT2D eigenvalue weighted by Gasteiger charge is -2.35. The second-order valence-electron chi connectivity index (χ2n) is 6.91. The van der Waals surface area contributed by atoms with E-state index in [1.165, 1.54) is 5.69 Å². The number of carbonyl (C=O) groups excluding carboxylic acids is 1. The SMILES string of the molecule is Cc1ccc(C)c(NC(=O)CN2CCN(c3c(C)n[nH]c3C)CC2)c1. The number of benzene rings is 1. The number of hydrogen-bond donors (Lipinski definition) is 2. The average Bonchev–Trinajstić information content (AvgIpc) is 2.91. The Hall–Kier alpha value is -2.34. The van der Waals surface area contributed by atoms with E-state index in [1.807, 2.05) is 32.9 Å². The van der Waals surface area contributed by atoms with Gasteiger partial charge in [0.2, 0.25) is 5.91 Å². The first-order chi connectivity index (χ1) is 11.9. The molecule has 6 heteroatoms. The van der Waals surface area contributed by atoms with Crippen LogP contribution in [0.15, 0.2) is 18.2 Å². The number of nitrogens with zero attached hydrogens (tertiary/aromatic N) is 3. The van der Waals surface area contributed by atoms with Crippen molar-refractivity contribution in [1.82, 2.24) is 15.1 Å². The van der Waals surface area contributed by atoms with Crippen molar-refractivity contribution < 1.29 is 4.79 Å². The number of aromatic nitrogens is 2. The molecule has 2 aromatic rings. The van der Waals surface area contributed by atoms with Gasteiger partial charge in [-0.05, 0) is 44.9 Å². The number of H-pyrrole nitrogens is 1. The van der Waals surface area contributed by atoms with Crippen molar-refractivity contribution in [1.29, 1.82) is 0 Å². The Bertz CT molecular complexity index is 740. The molecule has 0 saturated carbocycles. The van der Waals surface area contributed by atoms with E-state index >= 15 is 0 Å². The van der Waals surface area contributed by atoms with E-state index in [-0.39, 0.29) is 5.91 Å². The van der Waals surface area contributed by atoms with E-state index in [9.17, 15) is 4.79 Å². The predicted octanol–water partition coefficient (Wildman–Crippen LogP) is 2.40. The Morgan fingerprint density at radius 1 is 1.16 bits per heavy atom. The summed E-state index contributed by atoms with van der Waals surface area (Å²) in [6, 6.07) is 6.12. The van der Waals surface area contributed by atoms with Crippen molar-refractivity contribution in [3.63, 3.8) is 0 Å². The Kier molecular flexibility index (Phi) is 5.08. The van der Waals surface area contributed by atoms with Crippen molar-refractivity contribution in [2.75, 3.05) is 42.9 Å². The van der Waals surface area contributed by atoms with Crippen LogP contribution < -0.4 is 10.2 Å². The zero-order valence-corrected chi connectivity index (χ0v) is 15.5.